The van der Waals surface area contributed by atoms with Gasteiger partial charge in [-0.3, -0.25) is 0 Å². The van der Waals surface area contributed by atoms with Crippen molar-refractivity contribution in [2.24, 2.45) is 0 Å². The molecular formula is C38H62O4Sn. The van der Waals surface area contributed by atoms with E-state index in [1.807, 2.05) is 24.3 Å². The van der Waals surface area contributed by atoms with Crippen molar-refractivity contribution in [1.29, 1.82) is 0 Å². The standard InChI is InChI=1S/C26H35O4.3C4H9.Sn/c1-22(13-11-12-18-28-19-24-14-7-5-8-15-24)26(3,27-4)23(2)30-21-29-20-25-16-9-6-10-17-25;3*1-3-4-2;/h5-10,13-17,23H,4,11-12,18-21H2,1-3H3;3*1,3-4H2,2H3;/b22-13+;;;;/t23-,26+;;;;/m1..../s1. The Kier molecular flexibility index (Phi) is 19.7. The third-order valence-electron chi connectivity index (χ3n) is 8.99. The van der Waals surface area contributed by atoms with Gasteiger partial charge < -0.3 is 0 Å². The first-order valence-corrected chi connectivity index (χ1v) is 25.1. The zero-order valence-corrected chi connectivity index (χ0v) is 31.2. The van der Waals surface area contributed by atoms with Crippen molar-refractivity contribution >= 4 is 18.4 Å². The van der Waals surface area contributed by atoms with Crippen LogP contribution >= 0.6 is 0 Å². The monoisotopic (exact) mass is 702 g/mol. The van der Waals surface area contributed by atoms with Crippen molar-refractivity contribution in [3.05, 3.63) is 83.4 Å². The van der Waals surface area contributed by atoms with Gasteiger partial charge in [-0.05, 0) is 0 Å². The first-order chi connectivity index (χ1) is 20.9. The molecule has 2 atom stereocenters. The van der Waals surface area contributed by atoms with Crippen molar-refractivity contribution in [3.63, 3.8) is 0 Å². The van der Waals surface area contributed by atoms with Crippen molar-refractivity contribution in [1.82, 2.24) is 0 Å². The molecule has 0 radical (unpaired) electrons. The van der Waals surface area contributed by atoms with Crippen LogP contribution in [0.3, 0.4) is 0 Å². The molecule has 0 heterocycles. The zero-order chi connectivity index (χ0) is 31.2. The van der Waals surface area contributed by atoms with Gasteiger partial charge in [-0.25, -0.2) is 0 Å². The normalized spacial score (nSPS) is 14.5. The minimum absolute atomic E-state index is 0.124. The quantitative estimate of drug-likeness (QED) is 0.0447. The molecule has 0 N–H and O–H groups in total. The van der Waals surface area contributed by atoms with Crippen LogP contribution in [0.1, 0.15) is 104 Å². The van der Waals surface area contributed by atoms with E-state index in [0.29, 0.717) is 13.2 Å². The summed E-state index contributed by atoms with van der Waals surface area (Å²) in [5.41, 5.74) is 3.14. The third-order valence-corrected chi connectivity index (χ3v) is 23.3. The summed E-state index contributed by atoms with van der Waals surface area (Å²) < 4.78 is 30.7. The number of ether oxygens (including phenoxy) is 4. The minimum atomic E-state index is -2.50. The molecule has 0 aliphatic carbocycles. The average Bonchev–Trinajstić information content (AvgIpc) is 3.04. The van der Waals surface area contributed by atoms with E-state index in [4.69, 9.17) is 18.9 Å². The van der Waals surface area contributed by atoms with Crippen molar-refractivity contribution in [3.8, 4) is 0 Å². The van der Waals surface area contributed by atoms with Crippen LogP contribution in [0.5, 0.6) is 0 Å². The molecule has 0 aliphatic heterocycles. The van der Waals surface area contributed by atoms with E-state index in [-0.39, 0.29) is 12.9 Å². The SMILES string of the molecule is CCC[CH2][Sn]([CH2]CCC)([CH2]CCC)[CH2]O[C@@](C)(/C(C)=C/CCCOCc1ccccc1)[C@@H](C)OCOCc1ccccc1. The van der Waals surface area contributed by atoms with Crippen LogP contribution in [0.2, 0.25) is 13.3 Å². The second kappa shape index (κ2) is 22.3. The summed E-state index contributed by atoms with van der Waals surface area (Å²) in [7, 11) is 0. The molecule has 2 rings (SSSR count). The van der Waals surface area contributed by atoms with Gasteiger partial charge in [-0.2, -0.15) is 0 Å². The van der Waals surface area contributed by atoms with Crippen LogP contribution < -0.4 is 0 Å². The van der Waals surface area contributed by atoms with Gasteiger partial charge in [0.1, 0.15) is 0 Å². The molecule has 5 heteroatoms. The second-order valence-electron chi connectivity index (χ2n) is 12.5. The molecule has 2 aromatic carbocycles. The van der Waals surface area contributed by atoms with E-state index in [1.54, 1.807) is 0 Å². The number of unbranched alkanes of at least 4 members (excludes halogenated alkanes) is 4. The number of hydrogen-bond acceptors (Lipinski definition) is 4. The molecule has 0 bridgehead atoms. The second-order valence-corrected chi connectivity index (χ2v) is 26.2. The van der Waals surface area contributed by atoms with Crippen LogP contribution in [-0.4, -0.2) is 48.1 Å². The fourth-order valence-corrected chi connectivity index (χ4v) is 20.2. The molecule has 0 saturated heterocycles. The van der Waals surface area contributed by atoms with Crippen molar-refractivity contribution < 1.29 is 18.9 Å². The Bertz CT molecular complexity index is 958. The van der Waals surface area contributed by atoms with Crippen LogP contribution in [0, 0.1) is 0 Å². The van der Waals surface area contributed by atoms with Gasteiger partial charge in [0, 0.05) is 0 Å². The summed E-state index contributed by atoms with van der Waals surface area (Å²) in [5, 5.41) is 0. The molecule has 0 spiro atoms. The topological polar surface area (TPSA) is 36.9 Å². The van der Waals surface area contributed by atoms with Gasteiger partial charge in [0.15, 0.2) is 0 Å². The summed E-state index contributed by atoms with van der Waals surface area (Å²) >= 11 is -2.50. The fourth-order valence-electron chi connectivity index (χ4n) is 5.62. The Morgan fingerprint density at radius 2 is 1.28 bits per heavy atom. The summed E-state index contributed by atoms with van der Waals surface area (Å²) in [5.74, 6) is 0. The van der Waals surface area contributed by atoms with Gasteiger partial charge in [-0.1, -0.05) is 18.2 Å². The van der Waals surface area contributed by atoms with E-state index in [9.17, 15) is 0 Å². The van der Waals surface area contributed by atoms with Gasteiger partial charge in [0.05, 0.1) is 0 Å². The number of benzene rings is 2. The predicted molar refractivity (Wildman–Crippen MR) is 185 cm³/mol. The van der Waals surface area contributed by atoms with E-state index in [2.05, 4.69) is 84.0 Å². The van der Waals surface area contributed by atoms with Gasteiger partial charge in [0.25, 0.3) is 0 Å². The Hall–Kier alpha value is -1.18. The Labute approximate surface area is 268 Å². The van der Waals surface area contributed by atoms with E-state index >= 15 is 0 Å². The van der Waals surface area contributed by atoms with Crippen LogP contribution in [-0.2, 0) is 32.2 Å². The number of allylic oxidation sites excluding steroid dienone is 1. The molecule has 0 saturated carbocycles. The first kappa shape index (κ1) is 38.0. The van der Waals surface area contributed by atoms with Gasteiger partial charge in [0.2, 0.25) is 0 Å². The third kappa shape index (κ3) is 14.6. The van der Waals surface area contributed by atoms with Crippen molar-refractivity contribution in [2.45, 2.75) is 131 Å². The van der Waals surface area contributed by atoms with E-state index in [0.717, 1.165) is 29.6 Å². The summed E-state index contributed by atoms with van der Waals surface area (Å²) in [6.07, 6.45) is 12.1. The molecule has 4 nitrogen and oxygen atoms in total. The van der Waals surface area contributed by atoms with Gasteiger partial charge in [-0.15, -0.1) is 0 Å². The molecule has 0 fully saturated rings. The molecule has 242 valence electrons. The molecule has 0 amide bonds. The zero-order valence-electron chi connectivity index (χ0n) is 28.4. The van der Waals surface area contributed by atoms with E-state index < -0.39 is 24.0 Å². The Balaban J connectivity index is 2.09. The molecular weight excluding hydrogens is 639 g/mol. The Morgan fingerprint density at radius 1 is 0.767 bits per heavy atom. The van der Waals surface area contributed by atoms with E-state index in [1.165, 1.54) is 63.0 Å². The fraction of sp³-hybridized carbons (Fsp3) is 0.632. The molecule has 0 aromatic heterocycles. The van der Waals surface area contributed by atoms with Crippen LogP contribution in [0.25, 0.3) is 0 Å². The summed E-state index contributed by atoms with van der Waals surface area (Å²) in [6, 6.07) is 20.7. The van der Waals surface area contributed by atoms with Gasteiger partial charge >= 0.3 is 252 Å². The Morgan fingerprint density at radius 3 is 1.79 bits per heavy atom. The molecule has 0 unspecified atom stereocenters. The first-order valence-electron chi connectivity index (χ1n) is 17.0. The maximum absolute atomic E-state index is 7.17. The average molecular weight is 702 g/mol. The predicted octanol–water partition coefficient (Wildman–Crippen LogP) is 10.7. The molecule has 2 aromatic rings. The maximum atomic E-state index is 7.17. The summed E-state index contributed by atoms with van der Waals surface area (Å²) in [4.78, 5) is 0. The van der Waals surface area contributed by atoms with Crippen LogP contribution in [0.15, 0.2) is 72.3 Å². The van der Waals surface area contributed by atoms with Crippen molar-refractivity contribution in [2.75, 3.05) is 18.0 Å². The molecule has 0 aliphatic rings. The van der Waals surface area contributed by atoms with Crippen LogP contribution in [0.4, 0.5) is 0 Å². The number of hydrogen-bond donors (Lipinski definition) is 0. The molecule has 43 heavy (non-hydrogen) atoms. The number of rotatable bonds is 25. The summed E-state index contributed by atoms with van der Waals surface area (Å²) in [6.45, 7) is 15.9.